The molecule has 7 heteroatoms. The van der Waals surface area contributed by atoms with E-state index in [4.69, 9.17) is 10.6 Å². The minimum atomic E-state index is 0.673. The van der Waals surface area contributed by atoms with Crippen LogP contribution in [0.1, 0.15) is 5.82 Å². The highest BCUT2D eigenvalue weighted by molar-refractivity contribution is 7.98. The lowest BCUT2D eigenvalue weighted by Crippen LogP contribution is -2.10. The summed E-state index contributed by atoms with van der Waals surface area (Å²) < 4.78 is 5.15. The Hall–Kier alpha value is -1.83. The summed E-state index contributed by atoms with van der Waals surface area (Å²) in [6, 6.07) is 9.90. The van der Waals surface area contributed by atoms with Crippen molar-refractivity contribution in [3.05, 3.63) is 41.5 Å². The number of thioether (sulfide) groups is 1. The summed E-state index contributed by atoms with van der Waals surface area (Å²) in [5, 5.41) is 2.95. The van der Waals surface area contributed by atoms with Crippen molar-refractivity contribution in [1.29, 1.82) is 0 Å². The van der Waals surface area contributed by atoms with Crippen LogP contribution in [0.5, 0.6) is 5.75 Å². The highest BCUT2D eigenvalue weighted by Gasteiger charge is 2.08. The molecule has 0 saturated carbocycles. The summed E-state index contributed by atoms with van der Waals surface area (Å²) in [6.45, 7) is 0. The number of hydrazine groups is 1. The fourth-order valence-electron chi connectivity index (χ4n) is 1.89. The Morgan fingerprint density at radius 3 is 2.76 bits per heavy atom. The molecule has 0 fully saturated rings. The average Bonchev–Trinajstić information content (AvgIpc) is 3.01. The SMILES string of the molecule is COc1ccc(SCc2nc(NN)c3ccsc3n2)cc1. The maximum absolute atomic E-state index is 5.53. The van der Waals surface area contributed by atoms with E-state index in [9.17, 15) is 0 Å². The van der Waals surface area contributed by atoms with E-state index in [1.165, 1.54) is 0 Å². The van der Waals surface area contributed by atoms with Gasteiger partial charge < -0.3 is 10.2 Å². The van der Waals surface area contributed by atoms with E-state index in [0.717, 1.165) is 26.7 Å². The monoisotopic (exact) mass is 318 g/mol. The molecule has 0 bridgehead atoms. The fourth-order valence-corrected chi connectivity index (χ4v) is 3.43. The van der Waals surface area contributed by atoms with Gasteiger partial charge in [-0.3, -0.25) is 0 Å². The topological polar surface area (TPSA) is 73.1 Å². The second kappa shape index (κ2) is 6.30. The Balaban J connectivity index is 1.77. The fraction of sp³-hybridized carbons (Fsp3) is 0.143. The van der Waals surface area contributed by atoms with Crippen LogP contribution in [0.2, 0.25) is 0 Å². The van der Waals surface area contributed by atoms with Crippen molar-refractivity contribution >= 4 is 39.1 Å². The first-order chi connectivity index (χ1) is 10.3. The van der Waals surface area contributed by atoms with E-state index >= 15 is 0 Å². The normalized spacial score (nSPS) is 10.8. The van der Waals surface area contributed by atoms with E-state index in [-0.39, 0.29) is 0 Å². The third-order valence-electron chi connectivity index (χ3n) is 2.94. The molecule has 3 N–H and O–H groups in total. The van der Waals surface area contributed by atoms with Crippen molar-refractivity contribution in [3.8, 4) is 5.75 Å². The van der Waals surface area contributed by atoms with Gasteiger partial charge in [0.15, 0.2) is 5.82 Å². The Morgan fingerprint density at radius 2 is 2.05 bits per heavy atom. The molecule has 5 nitrogen and oxygen atoms in total. The van der Waals surface area contributed by atoms with Crippen LogP contribution in [0.15, 0.2) is 40.6 Å². The van der Waals surface area contributed by atoms with Crippen molar-refractivity contribution in [2.24, 2.45) is 5.84 Å². The van der Waals surface area contributed by atoms with Crippen molar-refractivity contribution < 1.29 is 4.74 Å². The van der Waals surface area contributed by atoms with Gasteiger partial charge in [0.2, 0.25) is 0 Å². The molecule has 0 amide bonds. The molecule has 2 heterocycles. The Bertz CT molecular complexity index is 742. The van der Waals surface area contributed by atoms with Gasteiger partial charge in [0, 0.05) is 4.90 Å². The summed E-state index contributed by atoms with van der Waals surface area (Å²) in [6.07, 6.45) is 0. The molecule has 0 atom stereocenters. The first-order valence-corrected chi connectivity index (χ1v) is 8.14. The molecule has 1 aromatic carbocycles. The number of thiophene rings is 1. The molecule has 0 unspecified atom stereocenters. The standard InChI is InChI=1S/C14H14N4OS2/c1-19-9-2-4-10(5-3-9)21-8-12-16-13(18-15)11-6-7-20-14(11)17-12/h2-7H,8,15H2,1H3,(H,16,17,18). The maximum Gasteiger partial charge on any atom is 0.152 e. The van der Waals surface area contributed by atoms with Crippen LogP contribution in [0.25, 0.3) is 10.2 Å². The number of fused-ring (bicyclic) bond motifs is 1. The van der Waals surface area contributed by atoms with Gasteiger partial charge in [0.05, 0.1) is 18.2 Å². The van der Waals surface area contributed by atoms with E-state index in [2.05, 4.69) is 15.4 Å². The first-order valence-electron chi connectivity index (χ1n) is 6.28. The Labute approximate surface area is 130 Å². The van der Waals surface area contributed by atoms with Gasteiger partial charge in [-0.1, -0.05) is 0 Å². The lowest BCUT2D eigenvalue weighted by molar-refractivity contribution is 0.414. The van der Waals surface area contributed by atoms with Crippen molar-refractivity contribution in [2.45, 2.75) is 10.6 Å². The van der Waals surface area contributed by atoms with Gasteiger partial charge in [0.25, 0.3) is 0 Å². The predicted molar refractivity (Wildman–Crippen MR) is 87.8 cm³/mol. The van der Waals surface area contributed by atoms with Crippen LogP contribution in [0.3, 0.4) is 0 Å². The Kier molecular flexibility index (Phi) is 4.23. The van der Waals surface area contributed by atoms with E-state index in [1.54, 1.807) is 30.2 Å². The van der Waals surface area contributed by atoms with Crippen LogP contribution in [0, 0.1) is 0 Å². The molecular formula is C14H14N4OS2. The van der Waals surface area contributed by atoms with Crippen LogP contribution < -0.4 is 16.0 Å². The zero-order chi connectivity index (χ0) is 14.7. The number of nitrogen functional groups attached to an aromatic ring is 1. The molecule has 0 aliphatic carbocycles. The second-order valence-electron chi connectivity index (χ2n) is 4.24. The number of hydrogen-bond donors (Lipinski definition) is 2. The molecular weight excluding hydrogens is 304 g/mol. The number of nitrogens with two attached hydrogens (primary N) is 1. The summed E-state index contributed by atoms with van der Waals surface area (Å²) in [5.41, 5.74) is 2.64. The number of methoxy groups -OCH3 is 1. The quantitative estimate of drug-likeness (QED) is 0.427. The number of aromatic nitrogens is 2. The number of anilines is 1. The third-order valence-corrected chi connectivity index (χ3v) is 4.75. The summed E-state index contributed by atoms with van der Waals surface area (Å²) in [4.78, 5) is 11.1. The van der Waals surface area contributed by atoms with Gasteiger partial charge >= 0.3 is 0 Å². The maximum atomic E-state index is 5.53. The van der Waals surface area contributed by atoms with Gasteiger partial charge in [-0.2, -0.15) is 0 Å². The summed E-state index contributed by atoms with van der Waals surface area (Å²) in [5.74, 6) is 8.50. The molecule has 3 rings (SSSR count). The lowest BCUT2D eigenvalue weighted by atomic mass is 10.3. The highest BCUT2D eigenvalue weighted by Crippen LogP contribution is 2.28. The number of ether oxygens (including phenoxy) is 1. The molecule has 0 aliphatic rings. The molecule has 108 valence electrons. The van der Waals surface area contributed by atoms with Crippen LogP contribution in [-0.2, 0) is 5.75 Å². The summed E-state index contributed by atoms with van der Waals surface area (Å²) in [7, 11) is 1.66. The van der Waals surface area contributed by atoms with E-state index in [1.807, 2.05) is 35.7 Å². The number of benzene rings is 1. The lowest BCUT2D eigenvalue weighted by Gasteiger charge is -2.06. The zero-order valence-electron chi connectivity index (χ0n) is 11.4. The average molecular weight is 318 g/mol. The minimum Gasteiger partial charge on any atom is -0.497 e. The Morgan fingerprint density at radius 1 is 1.24 bits per heavy atom. The van der Waals surface area contributed by atoms with E-state index < -0.39 is 0 Å². The largest absolute Gasteiger partial charge is 0.497 e. The third kappa shape index (κ3) is 3.10. The molecule has 0 aliphatic heterocycles. The number of nitrogens with zero attached hydrogens (tertiary/aromatic N) is 2. The predicted octanol–water partition coefficient (Wildman–Crippen LogP) is 3.28. The highest BCUT2D eigenvalue weighted by atomic mass is 32.2. The number of rotatable bonds is 5. The van der Waals surface area contributed by atoms with Crippen molar-refractivity contribution in [3.63, 3.8) is 0 Å². The zero-order valence-corrected chi connectivity index (χ0v) is 13.0. The van der Waals surface area contributed by atoms with Crippen LogP contribution >= 0.6 is 23.1 Å². The van der Waals surface area contributed by atoms with Crippen LogP contribution in [-0.4, -0.2) is 17.1 Å². The van der Waals surface area contributed by atoms with E-state index in [0.29, 0.717) is 11.6 Å². The van der Waals surface area contributed by atoms with Gasteiger partial charge in [-0.15, -0.1) is 23.1 Å². The molecule has 21 heavy (non-hydrogen) atoms. The molecule has 0 saturated heterocycles. The van der Waals surface area contributed by atoms with Crippen molar-refractivity contribution in [2.75, 3.05) is 12.5 Å². The van der Waals surface area contributed by atoms with Crippen molar-refractivity contribution in [1.82, 2.24) is 9.97 Å². The number of nitrogens with one attached hydrogen (secondary N) is 1. The summed E-state index contributed by atoms with van der Waals surface area (Å²) >= 11 is 3.26. The van der Waals surface area contributed by atoms with Gasteiger partial charge in [-0.25, -0.2) is 15.8 Å². The molecule has 0 spiro atoms. The van der Waals surface area contributed by atoms with Crippen LogP contribution in [0.4, 0.5) is 5.82 Å². The first kappa shape index (κ1) is 14.1. The van der Waals surface area contributed by atoms with Gasteiger partial charge in [-0.05, 0) is 35.7 Å². The second-order valence-corrected chi connectivity index (χ2v) is 6.18. The van der Waals surface area contributed by atoms with Gasteiger partial charge in [0.1, 0.15) is 16.4 Å². The minimum absolute atomic E-state index is 0.673. The molecule has 0 radical (unpaired) electrons. The smallest absolute Gasteiger partial charge is 0.152 e. The number of hydrogen-bond acceptors (Lipinski definition) is 7. The molecule has 3 aromatic rings. The molecule has 2 aromatic heterocycles.